The number of aryl methyl sites for hydroxylation is 2. The maximum atomic E-state index is 12.5. The monoisotopic (exact) mass is 423 g/mol. The predicted molar refractivity (Wildman–Crippen MR) is 114 cm³/mol. The predicted octanol–water partition coefficient (Wildman–Crippen LogP) is 3.80. The fraction of sp³-hybridized carbons (Fsp3) is 0.261. The topological polar surface area (TPSA) is 73.2 Å². The van der Waals surface area contributed by atoms with E-state index in [2.05, 4.69) is 14.9 Å². The number of amides is 1. The maximum absolute atomic E-state index is 12.5. The molecule has 1 aliphatic rings. The van der Waals surface area contributed by atoms with E-state index in [9.17, 15) is 9.59 Å². The lowest BCUT2D eigenvalue weighted by atomic mass is 10.0. The number of hydrogen-bond donors (Lipinski definition) is 1. The van der Waals surface area contributed by atoms with Crippen LogP contribution in [0.5, 0.6) is 5.75 Å². The molecule has 0 saturated carbocycles. The molecule has 2 heterocycles. The van der Waals surface area contributed by atoms with E-state index >= 15 is 0 Å². The van der Waals surface area contributed by atoms with Crippen LogP contribution in [0.15, 0.2) is 54.7 Å². The molecule has 30 heavy (non-hydrogen) atoms. The van der Waals surface area contributed by atoms with Gasteiger partial charge in [-0.15, -0.1) is 0 Å². The minimum atomic E-state index is -0.220. The van der Waals surface area contributed by atoms with Gasteiger partial charge < -0.3 is 14.6 Å². The quantitative estimate of drug-likeness (QED) is 0.586. The van der Waals surface area contributed by atoms with Gasteiger partial charge in [-0.2, -0.15) is 0 Å². The van der Waals surface area contributed by atoms with Gasteiger partial charge in [0.1, 0.15) is 11.6 Å². The van der Waals surface area contributed by atoms with E-state index in [1.54, 1.807) is 48.5 Å². The zero-order valence-electron chi connectivity index (χ0n) is 16.4. The Hall–Kier alpha value is -3.12. The fourth-order valence-corrected chi connectivity index (χ4v) is 3.54. The first-order valence-electron chi connectivity index (χ1n) is 9.93. The molecule has 1 N–H and O–H groups in total. The van der Waals surface area contributed by atoms with Gasteiger partial charge in [-0.1, -0.05) is 11.6 Å². The van der Waals surface area contributed by atoms with E-state index in [4.69, 9.17) is 16.3 Å². The van der Waals surface area contributed by atoms with Gasteiger partial charge in [0.2, 0.25) is 0 Å². The molecule has 6 nitrogen and oxygen atoms in total. The Morgan fingerprint density at radius 3 is 2.43 bits per heavy atom. The highest BCUT2D eigenvalue weighted by atomic mass is 35.5. The average molecular weight is 424 g/mol. The Bertz CT molecular complexity index is 1020. The summed E-state index contributed by atoms with van der Waals surface area (Å²) in [6.45, 7) is 1.28. The molecule has 0 radical (unpaired) electrons. The highest BCUT2D eigenvalue weighted by molar-refractivity contribution is 6.30. The molecule has 0 bridgehead atoms. The van der Waals surface area contributed by atoms with E-state index in [0.717, 1.165) is 24.5 Å². The molecule has 154 valence electrons. The number of hydrogen-bond acceptors (Lipinski definition) is 4. The number of imidazole rings is 1. The molecule has 1 amide bonds. The van der Waals surface area contributed by atoms with Crippen molar-refractivity contribution in [3.63, 3.8) is 0 Å². The van der Waals surface area contributed by atoms with Gasteiger partial charge in [0.25, 0.3) is 5.91 Å². The SMILES string of the molecule is O=C(COc1ccc(C(=O)c2ccc(Cl)cc2)cc1)NCc1cn2c(n1)CCCC2. The van der Waals surface area contributed by atoms with E-state index in [-0.39, 0.29) is 18.3 Å². The van der Waals surface area contributed by atoms with Crippen LogP contribution in [0, 0.1) is 0 Å². The van der Waals surface area contributed by atoms with E-state index in [1.807, 2.05) is 6.20 Å². The van der Waals surface area contributed by atoms with Crippen molar-refractivity contribution in [2.45, 2.75) is 32.4 Å². The maximum Gasteiger partial charge on any atom is 0.258 e. The summed E-state index contributed by atoms with van der Waals surface area (Å²) in [5, 5.41) is 3.41. The third kappa shape index (κ3) is 4.89. The molecule has 3 aromatic rings. The highest BCUT2D eigenvalue weighted by Crippen LogP contribution is 2.17. The molecule has 2 aromatic carbocycles. The Morgan fingerprint density at radius 2 is 1.73 bits per heavy atom. The average Bonchev–Trinajstić information content (AvgIpc) is 3.20. The summed E-state index contributed by atoms with van der Waals surface area (Å²) in [5.74, 6) is 1.30. The van der Waals surface area contributed by atoms with Gasteiger partial charge in [-0.3, -0.25) is 9.59 Å². The van der Waals surface area contributed by atoms with E-state index in [0.29, 0.717) is 28.4 Å². The first kappa shape index (κ1) is 20.2. The third-order valence-electron chi connectivity index (χ3n) is 5.02. The van der Waals surface area contributed by atoms with Crippen LogP contribution in [0.25, 0.3) is 0 Å². The lowest BCUT2D eigenvalue weighted by molar-refractivity contribution is -0.123. The molecule has 0 spiro atoms. The lowest BCUT2D eigenvalue weighted by Gasteiger charge is -2.11. The van der Waals surface area contributed by atoms with Crippen molar-refractivity contribution in [2.24, 2.45) is 0 Å². The minimum Gasteiger partial charge on any atom is -0.484 e. The summed E-state index contributed by atoms with van der Waals surface area (Å²) in [4.78, 5) is 29.1. The molecule has 0 aliphatic carbocycles. The van der Waals surface area contributed by atoms with Crippen molar-refractivity contribution < 1.29 is 14.3 Å². The number of rotatable bonds is 7. The van der Waals surface area contributed by atoms with Crippen molar-refractivity contribution >= 4 is 23.3 Å². The normalized spacial score (nSPS) is 12.8. The molecule has 1 aliphatic heterocycles. The standard InChI is InChI=1S/C23H22ClN3O3/c24-18-8-4-16(5-9-18)23(29)17-6-10-20(11-7-17)30-15-22(28)25-13-19-14-27-12-2-1-3-21(27)26-19/h4-11,14H,1-3,12-13,15H2,(H,25,28). The molecule has 0 saturated heterocycles. The number of fused-ring (bicyclic) bond motifs is 1. The van der Waals surface area contributed by atoms with Crippen LogP contribution in [0.4, 0.5) is 0 Å². The summed E-state index contributed by atoms with van der Waals surface area (Å²) in [7, 11) is 0. The number of nitrogens with one attached hydrogen (secondary N) is 1. The van der Waals surface area contributed by atoms with Gasteiger partial charge in [-0.25, -0.2) is 4.98 Å². The number of halogens is 1. The van der Waals surface area contributed by atoms with Gasteiger partial charge in [0.15, 0.2) is 12.4 Å². The van der Waals surface area contributed by atoms with Crippen LogP contribution in [0.2, 0.25) is 5.02 Å². The smallest absolute Gasteiger partial charge is 0.258 e. The van der Waals surface area contributed by atoms with Crippen LogP contribution < -0.4 is 10.1 Å². The Kier molecular flexibility index (Phi) is 6.14. The number of nitrogens with zero attached hydrogens (tertiary/aromatic N) is 2. The van der Waals surface area contributed by atoms with E-state index < -0.39 is 0 Å². The van der Waals surface area contributed by atoms with Gasteiger partial charge in [-0.05, 0) is 61.4 Å². The summed E-state index contributed by atoms with van der Waals surface area (Å²) >= 11 is 5.86. The number of carbonyl (C=O) groups is 2. The lowest BCUT2D eigenvalue weighted by Crippen LogP contribution is -2.28. The van der Waals surface area contributed by atoms with Crippen LogP contribution in [0.1, 0.15) is 40.3 Å². The Labute approximate surface area is 179 Å². The second-order valence-electron chi connectivity index (χ2n) is 7.22. The number of carbonyl (C=O) groups excluding carboxylic acids is 2. The van der Waals surface area contributed by atoms with Crippen LogP contribution in [-0.4, -0.2) is 27.8 Å². The second kappa shape index (κ2) is 9.13. The van der Waals surface area contributed by atoms with Crippen molar-refractivity contribution in [3.05, 3.63) is 82.4 Å². The zero-order valence-corrected chi connectivity index (χ0v) is 17.2. The summed E-state index contributed by atoms with van der Waals surface area (Å²) in [6.07, 6.45) is 5.34. The molecule has 0 unspecified atom stereocenters. The summed E-state index contributed by atoms with van der Waals surface area (Å²) in [5.41, 5.74) is 1.97. The minimum absolute atomic E-state index is 0.0984. The molecular weight excluding hydrogens is 402 g/mol. The molecule has 4 rings (SSSR count). The van der Waals surface area contributed by atoms with Crippen molar-refractivity contribution in [2.75, 3.05) is 6.61 Å². The van der Waals surface area contributed by atoms with Crippen LogP contribution in [0.3, 0.4) is 0 Å². The zero-order chi connectivity index (χ0) is 20.9. The number of ether oxygens (including phenoxy) is 1. The van der Waals surface area contributed by atoms with Crippen molar-refractivity contribution in [1.82, 2.24) is 14.9 Å². The number of aromatic nitrogens is 2. The number of benzene rings is 2. The van der Waals surface area contributed by atoms with Gasteiger partial charge >= 0.3 is 0 Å². The van der Waals surface area contributed by atoms with E-state index in [1.165, 1.54) is 12.8 Å². The molecule has 0 atom stereocenters. The van der Waals surface area contributed by atoms with Crippen LogP contribution in [-0.2, 0) is 24.3 Å². The summed E-state index contributed by atoms with van der Waals surface area (Å²) < 4.78 is 7.69. The molecular formula is C23H22ClN3O3. The molecule has 1 aromatic heterocycles. The first-order chi connectivity index (χ1) is 14.6. The number of ketones is 1. The largest absolute Gasteiger partial charge is 0.484 e. The van der Waals surface area contributed by atoms with Crippen molar-refractivity contribution in [1.29, 1.82) is 0 Å². The van der Waals surface area contributed by atoms with Gasteiger partial charge in [0.05, 0.1) is 12.2 Å². The molecule has 0 fully saturated rings. The summed E-state index contributed by atoms with van der Waals surface area (Å²) in [6, 6.07) is 13.5. The van der Waals surface area contributed by atoms with Crippen molar-refractivity contribution in [3.8, 4) is 5.75 Å². The Morgan fingerprint density at radius 1 is 1.03 bits per heavy atom. The highest BCUT2D eigenvalue weighted by Gasteiger charge is 2.13. The Balaban J connectivity index is 1.26. The van der Waals surface area contributed by atoms with Gasteiger partial charge in [0, 0.05) is 35.3 Å². The fourth-order valence-electron chi connectivity index (χ4n) is 3.42. The first-order valence-corrected chi connectivity index (χ1v) is 10.3. The third-order valence-corrected chi connectivity index (χ3v) is 5.27. The van der Waals surface area contributed by atoms with Crippen LogP contribution >= 0.6 is 11.6 Å². The molecule has 7 heteroatoms. The second-order valence-corrected chi connectivity index (χ2v) is 7.66.